The maximum Gasteiger partial charge on any atom is 0.242 e. The molecule has 8 heteroatoms. The Morgan fingerprint density at radius 3 is 2.38 bits per heavy atom. The molecule has 0 aliphatic heterocycles. The van der Waals surface area contributed by atoms with E-state index in [1.165, 1.54) is 0 Å². The Balaban J connectivity index is 1.71. The minimum atomic E-state index is -0.647. The van der Waals surface area contributed by atoms with Crippen molar-refractivity contribution in [2.75, 3.05) is 46.5 Å². The number of carbonyl (C=O) groups excluding carboxylic acids is 2. The van der Waals surface area contributed by atoms with Gasteiger partial charge in [-0.25, -0.2) is 0 Å². The lowest BCUT2D eigenvalue weighted by Crippen LogP contribution is -2.48. The van der Waals surface area contributed by atoms with Gasteiger partial charge in [0.2, 0.25) is 11.8 Å². The van der Waals surface area contributed by atoms with E-state index in [1.807, 2.05) is 54.6 Å². The van der Waals surface area contributed by atoms with Crippen LogP contribution in [-0.4, -0.2) is 64.4 Å². The molecule has 2 rings (SSSR count). The lowest BCUT2D eigenvalue weighted by Gasteiger charge is -2.19. The first kappa shape index (κ1) is 30.3. The molecular weight excluding hydrogens is 468 g/mol. The van der Waals surface area contributed by atoms with Crippen LogP contribution in [0.1, 0.15) is 43.2 Å². The zero-order valence-corrected chi connectivity index (χ0v) is 22.2. The molecule has 0 saturated heterocycles. The number of benzene rings is 2. The van der Waals surface area contributed by atoms with E-state index >= 15 is 0 Å². The van der Waals surface area contributed by atoms with Crippen LogP contribution in [0, 0.1) is 0 Å². The van der Waals surface area contributed by atoms with Crippen molar-refractivity contribution in [3.8, 4) is 5.75 Å². The standard InChI is InChI=1S/C29H44N4O4/c1-36-27-15-7-6-14-25(27)23-28(34)33-26(22-24-12-4-2-5-13-24)29(35)32-19-8-3-9-20-37-21-11-18-31-17-10-16-30/h2,4-7,12-15,26,31H,3,8-11,16-23,30H2,1H3,(H,32,35)(H,33,34)/t26-/m0/s1. The topological polar surface area (TPSA) is 115 Å². The summed E-state index contributed by atoms with van der Waals surface area (Å²) in [5, 5.41) is 9.25. The molecule has 5 N–H and O–H groups in total. The molecule has 2 aromatic rings. The molecule has 0 aromatic heterocycles. The summed E-state index contributed by atoms with van der Waals surface area (Å²) in [6.07, 6.45) is 5.36. The summed E-state index contributed by atoms with van der Waals surface area (Å²) >= 11 is 0. The van der Waals surface area contributed by atoms with E-state index in [1.54, 1.807) is 7.11 Å². The van der Waals surface area contributed by atoms with Crippen molar-refractivity contribution in [2.24, 2.45) is 5.73 Å². The zero-order valence-electron chi connectivity index (χ0n) is 22.2. The average molecular weight is 513 g/mol. The Bertz CT molecular complexity index is 894. The van der Waals surface area contributed by atoms with E-state index in [2.05, 4.69) is 16.0 Å². The summed E-state index contributed by atoms with van der Waals surface area (Å²) in [5.74, 6) is 0.271. The van der Waals surface area contributed by atoms with E-state index in [0.29, 0.717) is 18.7 Å². The van der Waals surface area contributed by atoms with Gasteiger partial charge in [-0.3, -0.25) is 9.59 Å². The minimum Gasteiger partial charge on any atom is -0.496 e. The van der Waals surface area contributed by atoms with Crippen molar-refractivity contribution in [3.63, 3.8) is 0 Å². The van der Waals surface area contributed by atoms with Crippen molar-refractivity contribution in [2.45, 2.75) is 51.0 Å². The van der Waals surface area contributed by atoms with Gasteiger partial charge in [-0.2, -0.15) is 0 Å². The second kappa shape index (κ2) is 19.2. The highest BCUT2D eigenvalue weighted by molar-refractivity contribution is 5.88. The Hall–Kier alpha value is -2.94. The molecule has 0 fully saturated rings. The van der Waals surface area contributed by atoms with E-state index in [0.717, 1.165) is 76.1 Å². The molecule has 204 valence electrons. The Kier molecular flexibility index (Phi) is 15.7. The normalized spacial score (nSPS) is 11.6. The summed E-state index contributed by atoms with van der Waals surface area (Å²) < 4.78 is 11.0. The number of ether oxygens (including phenoxy) is 2. The van der Waals surface area contributed by atoms with Gasteiger partial charge in [-0.1, -0.05) is 48.5 Å². The fourth-order valence-corrected chi connectivity index (χ4v) is 3.92. The predicted octanol–water partition coefficient (Wildman–Crippen LogP) is 2.60. The number of nitrogens with two attached hydrogens (primary N) is 1. The van der Waals surface area contributed by atoms with Crippen LogP contribution in [0.15, 0.2) is 54.6 Å². The third-order valence-corrected chi connectivity index (χ3v) is 5.94. The second-order valence-corrected chi connectivity index (χ2v) is 9.01. The molecule has 8 nitrogen and oxygen atoms in total. The molecule has 0 unspecified atom stereocenters. The molecule has 0 aliphatic carbocycles. The van der Waals surface area contributed by atoms with Crippen LogP contribution >= 0.6 is 0 Å². The number of methoxy groups -OCH3 is 1. The highest BCUT2D eigenvalue weighted by Crippen LogP contribution is 2.17. The first-order valence-electron chi connectivity index (χ1n) is 13.4. The first-order valence-corrected chi connectivity index (χ1v) is 13.4. The van der Waals surface area contributed by atoms with Crippen LogP contribution in [0.5, 0.6) is 5.75 Å². The van der Waals surface area contributed by atoms with Crippen molar-refractivity contribution in [1.82, 2.24) is 16.0 Å². The van der Waals surface area contributed by atoms with Crippen molar-refractivity contribution in [1.29, 1.82) is 0 Å². The number of amides is 2. The maximum absolute atomic E-state index is 13.0. The lowest BCUT2D eigenvalue weighted by atomic mass is 10.0. The predicted molar refractivity (Wildman–Crippen MR) is 148 cm³/mol. The van der Waals surface area contributed by atoms with Gasteiger partial charge in [0.1, 0.15) is 11.8 Å². The van der Waals surface area contributed by atoms with E-state index in [9.17, 15) is 9.59 Å². The molecular formula is C29H44N4O4. The van der Waals surface area contributed by atoms with E-state index in [-0.39, 0.29) is 18.2 Å². The summed E-state index contributed by atoms with van der Waals surface area (Å²) in [6, 6.07) is 16.5. The number of rotatable bonds is 20. The molecule has 0 bridgehead atoms. The SMILES string of the molecule is COc1ccccc1CC(=O)N[C@@H](Cc1ccccc1)C(=O)NCCCCCOCCCNCCCN. The number of nitrogens with one attached hydrogen (secondary N) is 3. The third-order valence-electron chi connectivity index (χ3n) is 5.94. The number of unbranched alkanes of at least 4 members (excludes halogenated alkanes) is 2. The second-order valence-electron chi connectivity index (χ2n) is 9.01. The number of hydrogen-bond donors (Lipinski definition) is 4. The van der Waals surface area contributed by atoms with Gasteiger partial charge in [-0.05, 0) is 63.4 Å². The van der Waals surface area contributed by atoms with E-state index in [4.69, 9.17) is 15.2 Å². The van der Waals surface area contributed by atoms with Gasteiger partial charge in [0, 0.05) is 31.7 Å². The van der Waals surface area contributed by atoms with Crippen LogP contribution in [0.25, 0.3) is 0 Å². The van der Waals surface area contributed by atoms with Crippen LogP contribution < -0.4 is 26.4 Å². The summed E-state index contributed by atoms with van der Waals surface area (Å²) in [4.78, 5) is 25.8. The molecule has 2 amide bonds. The van der Waals surface area contributed by atoms with Crippen molar-refractivity contribution in [3.05, 3.63) is 65.7 Å². The summed E-state index contributed by atoms with van der Waals surface area (Å²) in [7, 11) is 1.58. The number of carbonyl (C=O) groups is 2. The van der Waals surface area contributed by atoms with Gasteiger partial charge in [0.25, 0.3) is 0 Å². The van der Waals surface area contributed by atoms with Crippen molar-refractivity contribution >= 4 is 11.8 Å². The molecule has 0 radical (unpaired) electrons. The zero-order chi connectivity index (χ0) is 26.6. The summed E-state index contributed by atoms with van der Waals surface area (Å²) in [6.45, 7) is 4.67. The monoisotopic (exact) mass is 512 g/mol. The Morgan fingerprint density at radius 2 is 1.59 bits per heavy atom. The fraction of sp³-hybridized carbons (Fsp3) is 0.517. The molecule has 37 heavy (non-hydrogen) atoms. The highest BCUT2D eigenvalue weighted by atomic mass is 16.5. The molecule has 1 atom stereocenters. The van der Waals surface area contributed by atoms with Gasteiger partial charge in [0.05, 0.1) is 13.5 Å². The van der Waals surface area contributed by atoms with Crippen LogP contribution in [-0.2, 0) is 27.2 Å². The highest BCUT2D eigenvalue weighted by Gasteiger charge is 2.21. The summed E-state index contributed by atoms with van der Waals surface area (Å²) in [5.41, 5.74) is 7.24. The maximum atomic E-state index is 13.0. The fourth-order valence-electron chi connectivity index (χ4n) is 3.92. The van der Waals surface area contributed by atoms with Crippen LogP contribution in [0.3, 0.4) is 0 Å². The minimum absolute atomic E-state index is 0.145. The molecule has 0 saturated carbocycles. The average Bonchev–Trinajstić information content (AvgIpc) is 2.91. The van der Waals surface area contributed by atoms with Crippen molar-refractivity contribution < 1.29 is 19.1 Å². The number of para-hydroxylation sites is 1. The van der Waals surface area contributed by atoms with Crippen LogP contribution in [0.2, 0.25) is 0 Å². The van der Waals surface area contributed by atoms with Gasteiger partial charge in [0.15, 0.2) is 0 Å². The van der Waals surface area contributed by atoms with Gasteiger partial charge >= 0.3 is 0 Å². The number of hydrogen-bond acceptors (Lipinski definition) is 6. The quantitative estimate of drug-likeness (QED) is 0.203. The molecule has 0 aliphatic rings. The molecule has 0 spiro atoms. The third kappa shape index (κ3) is 13.3. The van der Waals surface area contributed by atoms with E-state index < -0.39 is 6.04 Å². The van der Waals surface area contributed by atoms with Crippen LogP contribution in [0.4, 0.5) is 0 Å². The lowest BCUT2D eigenvalue weighted by molar-refractivity contribution is -0.128. The first-order chi connectivity index (χ1) is 18.1. The Labute approximate surface area is 221 Å². The van der Waals surface area contributed by atoms with Gasteiger partial charge < -0.3 is 31.2 Å². The molecule has 0 heterocycles. The Morgan fingerprint density at radius 1 is 0.865 bits per heavy atom. The largest absolute Gasteiger partial charge is 0.496 e. The smallest absolute Gasteiger partial charge is 0.242 e. The molecule has 2 aromatic carbocycles. The van der Waals surface area contributed by atoms with Gasteiger partial charge in [-0.15, -0.1) is 0 Å².